The molecule has 0 amide bonds. The molecular formula is C9H13NO2S. The second-order valence-electron chi connectivity index (χ2n) is 2.74. The van der Waals surface area contributed by atoms with Crippen molar-refractivity contribution in [2.75, 3.05) is 7.11 Å². The molecule has 0 saturated heterocycles. The molecule has 1 rings (SSSR count). The van der Waals surface area contributed by atoms with Gasteiger partial charge in [0, 0.05) is 5.38 Å². The van der Waals surface area contributed by atoms with Crippen LogP contribution in [-0.2, 0) is 22.4 Å². The van der Waals surface area contributed by atoms with Gasteiger partial charge in [0.25, 0.3) is 0 Å². The molecule has 0 spiro atoms. The number of rotatable bonds is 4. The Morgan fingerprint density at radius 3 is 3.08 bits per heavy atom. The third kappa shape index (κ3) is 3.14. The van der Waals surface area contributed by atoms with Crippen molar-refractivity contribution in [3.05, 3.63) is 16.1 Å². The monoisotopic (exact) mass is 199 g/mol. The first-order chi connectivity index (χ1) is 6.26. The van der Waals surface area contributed by atoms with Crippen LogP contribution < -0.4 is 0 Å². The lowest BCUT2D eigenvalue weighted by molar-refractivity contribution is -0.139. The molecule has 0 fully saturated rings. The van der Waals surface area contributed by atoms with E-state index >= 15 is 0 Å². The zero-order chi connectivity index (χ0) is 9.68. The molecule has 0 aliphatic rings. The van der Waals surface area contributed by atoms with E-state index in [0.717, 1.165) is 23.5 Å². The van der Waals surface area contributed by atoms with Crippen LogP contribution >= 0.6 is 11.3 Å². The first-order valence-corrected chi connectivity index (χ1v) is 5.14. The van der Waals surface area contributed by atoms with Gasteiger partial charge in [0.2, 0.25) is 0 Å². The van der Waals surface area contributed by atoms with Crippen LogP contribution in [0.2, 0.25) is 0 Å². The van der Waals surface area contributed by atoms with E-state index in [0.29, 0.717) is 0 Å². The van der Waals surface area contributed by atoms with Crippen molar-refractivity contribution in [3.8, 4) is 0 Å². The molecule has 0 aromatic carbocycles. The Kier molecular flexibility index (Phi) is 3.89. The summed E-state index contributed by atoms with van der Waals surface area (Å²) >= 11 is 1.61. The van der Waals surface area contributed by atoms with Gasteiger partial charge in [0.1, 0.15) is 0 Å². The number of aryl methyl sites for hydroxylation is 1. The Balaban J connectivity index is 2.53. The van der Waals surface area contributed by atoms with Gasteiger partial charge in [0.05, 0.1) is 24.2 Å². The van der Waals surface area contributed by atoms with Crippen LogP contribution in [0.4, 0.5) is 0 Å². The molecule has 1 heterocycles. The van der Waals surface area contributed by atoms with Gasteiger partial charge in [-0.3, -0.25) is 4.79 Å². The van der Waals surface area contributed by atoms with Crippen LogP contribution in [0.3, 0.4) is 0 Å². The lowest BCUT2D eigenvalue weighted by atomic mass is 10.3. The average Bonchev–Trinajstić information content (AvgIpc) is 2.53. The number of aromatic nitrogens is 1. The van der Waals surface area contributed by atoms with Crippen molar-refractivity contribution in [2.24, 2.45) is 0 Å². The maximum atomic E-state index is 10.9. The minimum atomic E-state index is -0.228. The molecule has 0 aliphatic heterocycles. The van der Waals surface area contributed by atoms with E-state index in [1.54, 1.807) is 11.3 Å². The fourth-order valence-corrected chi connectivity index (χ4v) is 1.88. The SMILES string of the molecule is CCCc1nc(CC(=O)OC)cs1. The van der Waals surface area contributed by atoms with Crippen molar-refractivity contribution >= 4 is 17.3 Å². The van der Waals surface area contributed by atoms with E-state index in [-0.39, 0.29) is 12.4 Å². The molecule has 1 aromatic rings. The van der Waals surface area contributed by atoms with Crippen LogP contribution in [-0.4, -0.2) is 18.1 Å². The average molecular weight is 199 g/mol. The normalized spacial score (nSPS) is 10.0. The van der Waals surface area contributed by atoms with Crippen LogP contribution in [0.25, 0.3) is 0 Å². The molecule has 0 aliphatic carbocycles. The largest absolute Gasteiger partial charge is 0.469 e. The highest BCUT2D eigenvalue weighted by Gasteiger charge is 2.06. The summed E-state index contributed by atoms with van der Waals surface area (Å²) in [6.07, 6.45) is 2.37. The highest BCUT2D eigenvalue weighted by atomic mass is 32.1. The van der Waals surface area contributed by atoms with E-state index in [1.807, 2.05) is 5.38 Å². The maximum Gasteiger partial charge on any atom is 0.311 e. The van der Waals surface area contributed by atoms with Crippen molar-refractivity contribution in [1.82, 2.24) is 4.98 Å². The summed E-state index contributed by atoms with van der Waals surface area (Å²) in [6, 6.07) is 0. The Bertz CT molecular complexity index is 283. The van der Waals surface area contributed by atoms with E-state index < -0.39 is 0 Å². The number of esters is 1. The summed E-state index contributed by atoms with van der Waals surface area (Å²) in [5.41, 5.74) is 0.820. The molecule has 4 heteroatoms. The number of hydrogen-bond donors (Lipinski definition) is 0. The summed E-state index contributed by atoms with van der Waals surface area (Å²) in [5.74, 6) is -0.228. The lowest BCUT2D eigenvalue weighted by Gasteiger charge is -1.94. The highest BCUT2D eigenvalue weighted by molar-refractivity contribution is 7.09. The van der Waals surface area contributed by atoms with Gasteiger partial charge in [0.15, 0.2) is 0 Å². The highest BCUT2D eigenvalue weighted by Crippen LogP contribution is 2.12. The number of nitrogens with zero attached hydrogens (tertiary/aromatic N) is 1. The van der Waals surface area contributed by atoms with Gasteiger partial charge in [-0.15, -0.1) is 11.3 Å². The van der Waals surface area contributed by atoms with E-state index in [9.17, 15) is 4.79 Å². The topological polar surface area (TPSA) is 39.2 Å². The van der Waals surface area contributed by atoms with Crippen molar-refractivity contribution in [2.45, 2.75) is 26.2 Å². The number of carbonyl (C=O) groups excluding carboxylic acids is 1. The first-order valence-electron chi connectivity index (χ1n) is 4.26. The van der Waals surface area contributed by atoms with E-state index in [2.05, 4.69) is 16.6 Å². The number of ether oxygens (including phenoxy) is 1. The van der Waals surface area contributed by atoms with Gasteiger partial charge in [-0.1, -0.05) is 6.92 Å². The van der Waals surface area contributed by atoms with Crippen LogP contribution in [0.1, 0.15) is 24.0 Å². The summed E-state index contributed by atoms with van der Waals surface area (Å²) in [6.45, 7) is 2.11. The molecule has 0 atom stereocenters. The van der Waals surface area contributed by atoms with Gasteiger partial charge in [-0.25, -0.2) is 4.98 Å². The summed E-state index contributed by atoms with van der Waals surface area (Å²) in [4.78, 5) is 15.2. The minimum absolute atomic E-state index is 0.228. The molecule has 0 saturated carbocycles. The molecule has 72 valence electrons. The number of carbonyl (C=O) groups is 1. The first kappa shape index (κ1) is 10.2. The molecule has 0 N–H and O–H groups in total. The minimum Gasteiger partial charge on any atom is -0.469 e. The van der Waals surface area contributed by atoms with Crippen LogP contribution in [0.15, 0.2) is 5.38 Å². The van der Waals surface area contributed by atoms with Crippen LogP contribution in [0, 0.1) is 0 Å². The molecule has 1 aromatic heterocycles. The standard InChI is InChI=1S/C9H13NO2S/c1-3-4-8-10-7(6-13-8)5-9(11)12-2/h6H,3-5H2,1-2H3. The van der Waals surface area contributed by atoms with Gasteiger partial charge in [-0.05, 0) is 12.8 Å². The fraction of sp³-hybridized carbons (Fsp3) is 0.556. The number of methoxy groups -OCH3 is 1. The number of hydrogen-bond acceptors (Lipinski definition) is 4. The zero-order valence-corrected chi connectivity index (χ0v) is 8.69. The van der Waals surface area contributed by atoms with E-state index in [4.69, 9.17) is 0 Å². The predicted octanol–water partition coefficient (Wildman–Crippen LogP) is 1.81. The molecular weight excluding hydrogens is 186 g/mol. The smallest absolute Gasteiger partial charge is 0.311 e. The Labute approximate surface area is 81.8 Å². The molecule has 13 heavy (non-hydrogen) atoms. The van der Waals surface area contributed by atoms with Crippen LogP contribution in [0.5, 0.6) is 0 Å². The van der Waals surface area contributed by atoms with Gasteiger partial charge >= 0.3 is 5.97 Å². The fourth-order valence-electron chi connectivity index (χ4n) is 0.979. The maximum absolute atomic E-state index is 10.9. The Morgan fingerprint density at radius 2 is 2.46 bits per heavy atom. The predicted molar refractivity (Wildman–Crippen MR) is 51.8 cm³/mol. The van der Waals surface area contributed by atoms with Gasteiger partial charge in [-0.2, -0.15) is 0 Å². The second kappa shape index (κ2) is 4.97. The second-order valence-corrected chi connectivity index (χ2v) is 3.68. The zero-order valence-electron chi connectivity index (χ0n) is 7.87. The number of thiazole rings is 1. The lowest BCUT2D eigenvalue weighted by Crippen LogP contribution is -2.04. The van der Waals surface area contributed by atoms with Crippen molar-refractivity contribution < 1.29 is 9.53 Å². The van der Waals surface area contributed by atoms with Gasteiger partial charge < -0.3 is 4.74 Å². The Morgan fingerprint density at radius 1 is 1.69 bits per heavy atom. The molecule has 0 radical (unpaired) electrons. The summed E-state index contributed by atoms with van der Waals surface area (Å²) in [5, 5.41) is 3.02. The third-order valence-corrected chi connectivity index (χ3v) is 2.57. The molecule has 3 nitrogen and oxygen atoms in total. The summed E-state index contributed by atoms with van der Waals surface area (Å²) < 4.78 is 4.55. The quantitative estimate of drug-likeness (QED) is 0.694. The van der Waals surface area contributed by atoms with E-state index in [1.165, 1.54) is 7.11 Å². The van der Waals surface area contributed by atoms with Crippen molar-refractivity contribution in [1.29, 1.82) is 0 Å². The Hall–Kier alpha value is -0.900. The third-order valence-electron chi connectivity index (χ3n) is 1.62. The molecule has 0 bridgehead atoms. The molecule has 0 unspecified atom stereocenters. The summed E-state index contributed by atoms with van der Waals surface area (Å²) in [7, 11) is 1.39. The van der Waals surface area contributed by atoms with Crippen molar-refractivity contribution in [3.63, 3.8) is 0 Å².